The molecular weight excluding hydrogens is 591 g/mol. The molecule has 3 aromatic heterocycles. The lowest BCUT2D eigenvalue weighted by atomic mass is 9.97. The van der Waals surface area contributed by atoms with Gasteiger partial charge in [-0.05, 0) is 68.2 Å². The summed E-state index contributed by atoms with van der Waals surface area (Å²) in [6.07, 6.45) is 7.42. The Bertz CT molecular complexity index is 1850. The number of amides is 1. The molecule has 0 radical (unpaired) electrons. The van der Waals surface area contributed by atoms with Crippen LogP contribution < -0.4 is 10.9 Å². The van der Waals surface area contributed by atoms with Crippen molar-refractivity contribution in [2.45, 2.75) is 68.9 Å². The number of hydrogen-bond donors (Lipinski definition) is 1. The molecular formula is C34H35N5O3S2. The number of nitrogens with zero attached hydrogens (tertiary/aromatic N) is 4. The molecule has 0 spiro atoms. The normalized spacial score (nSPS) is 15.8. The fourth-order valence-electron chi connectivity index (χ4n) is 6.25. The zero-order chi connectivity index (χ0) is 30.0. The summed E-state index contributed by atoms with van der Waals surface area (Å²) in [5.41, 5.74) is 4.57. The van der Waals surface area contributed by atoms with Gasteiger partial charge < -0.3 is 9.73 Å². The summed E-state index contributed by atoms with van der Waals surface area (Å²) < 4.78 is 7.46. The number of thioether (sulfide) groups is 1. The Morgan fingerprint density at radius 1 is 1.05 bits per heavy atom. The van der Waals surface area contributed by atoms with E-state index in [0.29, 0.717) is 16.8 Å². The third-order valence-electron chi connectivity index (χ3n) is 8.60. The number of likely N-dealkylation sites (tertiary alicyclic amines) is 1. The number of thiophene rings is 1. The molecule has 1 aliphatic heterocycles. The molecule has 4 heterocycles. The van der Waals surface area contributed by atoms with Crippen molar-refractivity contribution in [3.8, 4) is 5.69 Å². The van der Waals surface area contributed by atoms with Gasteiger partial charge in [-0.1, -0.05) is 60.3 Å². The highest BCUT2D eigenvalue weighted by Gasteiger charge is 2.25. The minimum absolute atomic E-state index is 0.0199. The van der Waals surface area contributed by atoms with Crippen LogP contribution in [0.2, 0.25) is 0 Å². The largest absolute Gasteiger partial charge is 0.447 e. The van der Waals surface area contributed by atoms with Crippen molar-refractivity contribution in [1.29, 1.82) is 0 Å². The van der Waals surface area contributed by atoms with Gasteiger partial charge in [-0.25, -0.2) is 9.97 Å². The van der Waals surface area contributed by atoms with Gasteiger partial charge in [-0.2, -0.15) is 0 Å². The lowest BCUT2D eigenvalue weighted by Crippen LogP contribution is -2.44. The Morgan fingerprint density at radius 3 is 2.64 bits per heavy atom. The average Bonchev–Trinajstić information content (AvgIpc) is 3.67. The monoisotopic (exact) mass is 625 g/mol. The third kappa shape index (κ3) is 5.98. The molecule has 0 saturated carbocycles. The quantitative estimate of drug-likeness (QED) is 0.160. The van der Waals surface area contributed by atoms with Crippen LogP contribution >= 0.6 is 23.1 Å². The molecule has 2 aromatic carbocycles. The fourth-order valence-corrected chi connectivity index (χ4v) is 8.41. The zero-order valence-corrected chi connectivity index (χ0v) is 26.4. The highest BCUT2D eigenvalue weighted by atomic mass is 32.2. The number of aryl methyl sites for hydroxylation is 3. The topological polar surface area (TPSA) is 93.3 Å². The number of carbonyl (C=O) groups is 1. The van der Waals surface area contributed by atoms with Crippen molar-refractivity contribution >= 4 is 39.2 Å². The molecule has 1 saturated heterocycles. The molecule has 5 aromatic rings. The van der Waals surface area contributed by atoms with Gasteiger partial charge in [-0.15, -0.1) is 11.3 Å². The van der Waals surface area contributed by atoms with Crippen LogP contribution in [0, 0.1) is 6.92 Å². The molecule has 2 aliphatic rings. The van der Waals surface area contributed by atoms with E-state index in [1.807, 2.05) is 37.3 Å². The van der Waals surface area contributed by atoms with Gasteiger partial charge in [0.1, 0.15) is 11.1 Å². The zero-order valence-electron chi connectivity index (χ0n) is 24.8. The highest BCUT2D eigenvalue weighted by molar-refractivity contribution is 7.98. The summed E-state index contributed by atoms with van der Waals surface area (Å²) in [5, 5.41) is 4.50. The summed E-state index contributed by atoms with van der Waals surface area (Å²) in [6, 6.07) is 18.5. The van der Waals surface area contributed by atoms with E-state index < -0.39 is 0 Å². The molecule has 8 nitrogen and oxygen atoms in total. The van der Waals surface area contributed by atoms with E-state index in [4.69, 9.17) is 9.40 Å². The van der Waals surface area contributed by atoms with Crippen molar-refractivity contribution in [1.82, 2.24) is 24.8 Å². The molecule has 1 amide bonds. The number of benzene rings is 2. The molecule has 0 atom stereocenters. The number of aromatic nitrogens is 3. The van der Waals surface area contributed by atoms with Crippen molar-refractivity contribution in [3.63, 3.8) is 0 Å². The first kappa shape index (κ1) is 29.0. The summed E-state index contributed by atoms with van der Waals surface area (Å²) in [4.78, 5) is 41.1. The fraction of sp³-hybridized carbons (Fsp3) is 0.353. The van der Waals surface area contributed by atoms with Gasteiger partial charge in [0, 0.05) is 30.6 Å². The summed E-state index contributed by atoms with van der Waals surface area (Å²) in [6.45, 7) is 4.82. The molecule has 1 aliphatic carbocycles. The number of hydrogen-bond acceptors (Lipinski definition) is 8. The molecule has 226 valence electrons. The van der Waals surface area contributed by atoms with Crippen molar-refractivity contribution in [2.24, 2.45) is 0 Å². The molecule has 10 heteroatoms. The number of piperidine rings is 1. The lowest BCUT2D eigenvalue weighted by molar-refractivity contribution is 0.0904. The maximum atomic E-state index is 14.1. The smallest absolute Gasteiger partial charge is 0.273 e. The Balaban J connectivity index is 1.04. The molecule has 1 N–H and O–H groups in total. The summed E-state index contributed by atoms with van der Waals surface area (Å²) in [7, 11) is 0. The van der Waals surface area contributed by atoms with Crippen molar-refractivity contribution in [3.05, 3.63) is 104 Å². The highest BCUT2D eigenvalue weighted by Crippen LogP contribution is 2.36. The van der Waals surface area contributed by atoms with Crippen LogP contribution in [0.4, 0.5) is 0 Å². The minimum atomic E-state index is -0.216. The molecule has 0 unspecified atom stereocenters. The van der Waals surface area contributed by atoms with Crippen LogP contribution in [0.25, 0.3) is 15.9 Å². The second-order valence-corrected chi connectivity index (χ2v) is 13.7. The molecule has 44 heavy (non-hydrogen) atoms. The standard InChI is InChI=1S/C34H35N5O3S2/c1-22-9-5-7-13-27(22)39-33(41)30-25-12-6-8-14-28(25)44-32(30)37-34(39)43-21-29-36-26(20-42-29)31(40)35-24-15-17-38(18-16-24)19-23-10-3-2-4-11-23/h2-5,7,9-11,13,20,24H,6,8,12,14-19,21H2,1H3,(H,35,40). The van der Waals surface area contributed by atoms with Crippen LogP contribution in [0.15, 0.2) is 75.2 Å². The second-order valence-electron chi connectivity index (χ2n) is 11.6. The first-order valence-corrected chi connectivity index (χ1v) is 17.1. The number of fused-ring (bicyclic) bond motifs is 3. The Kier molecular flexibility index (Phi) is 8.38. The van der Waals surface area contributed by atoms with Crippen LogP contribution in [-0.2, 0) is 25.1 Å². The number of carbonyl (C=O) groups excluding carboxylic acids is 1. The number of para-hydroxylation sites is 1. The number of oxazole rings is 1. The maximum absolute atomic E-state index is 14.1. The predicted octanol–water partition coefficient (Wildman–Crippen LogP) is 6.31. The SMILES string of the molecule is Cc1ccccc1-n1c(SCc2nc(C(=O)NC3CCN(Cc4ccccc4)CC3)co2)nc2sc3c(c2c1=O)CCCC3. The number of nitrogens with one attached hydrogen (secondary N) is 1. The average molecular weight is 626 g/mol. The van der Waals surface area contributed by atoms with E-state index in [1.54, 1.807) is 15.9 Å². The van der Waals surface area contributed by atoms with Crippen LogP contribution in [-0.4, -0.2) is 44.5 Å². The summed E-state index contributed by atoms with van der Waals surface area (Å²) >= 11 is 3.06. The lowest BCUT2D eigenvalue weighted by Gasteiger charge is -2.32. The van der Waals surface area contributed by atoms with Crippen LogP contribution in [0.5, 0.6) is 0 Å². The first-order chi connectivity index (χ1) is 21.5. The Labute approximate surface area is 264 Å². The van der Waals surface area contributed by atoms with Crippen molar-refractivity contribution < 1.29 is 9.21 Å². The van der Waals surface area contributed by atoms with E-state index in [0.717, 1.165) is 79.6 Å². The van der Waals surface area contributed by atoms with E-state index >= 15 is 0 Å². The third-order valence-corrected chi connectivity index (χ3v) is 10.7. The minimum Gasteiger partial charge on any atom is -0.447 e. The van der Waals surface area contributed by atoms with E-state index in [1.165, 1.54) is 34.0 Å². The maximum Gasteiger partial charge on any atom is 0.273 e. The van der Waals surface area contributed by atoms with Gasteiger partial charge >= 0.3 is 0 Å². The molecule has 7 rings (SSSR count). The molecule has 1 fully saturated rings. The van der Waals surface area contributed by atoms with Gasteiger partial charge in [0.2, 0.25) is 5.89 Å². The molecule has 0 bridgehead atoms. The van der Waals surface area contributed by atoms with Gasteiger partial charge in [0.05, 0.1) is 16.8 Å². The van der Waals surface area contributed by atoms with Crippen LogP contribution in [0.3, 0.4) is 0 Å². The van der Waals surface area contributed by atoms with Crippen LogP contribution in [0.1, 0.15) is 63.6 Å². The van der Waals surface area contributed by atoms with Gasteiger partial charge in [0.15, 0.2) is 10.9 Å². The Hall–Kier alpha value is -3.73. The van der Waals surface area contributed by atoms with Gasteiger partial charge in [-0.3, -0.25) is 19.1 Å². The first-order valence-electron chi connectivity index (χ1n) is 15.3. The van der Waals surface area contributed by atoms with Crippen molar-refractivity contribution in [2.75, 3.05) is 13.1 Å². The second kappa shape index (κ2) is 12.7. The van der Waals surface area contributed by atoms with Gasteiger partial charge in [0.25, 0.3) is 11.5 Å². The predicted molar refractivity (Wildman–Crippen MR) is 175 cm³/mol. The Morgan fingerprint density at radius 2 is 1.82 bits per heavy atom. The summed E-state index contributed by atoms with van der Waals surface area (Å²) in [5.74, 6) is 0.557. The van der Waals surface area contributed by atoms with E-state index in [2.05, 4.69) is 39.5 Å². The van der Waals surface area contributed by atoms with E-state index in [-0.39, 0.29) is 23.2 Å². The van der Waals surface area contributed by atoms with E-state index in [9.17, 15) is 9.59 Å². The number of rotatable bonds is 8.